The van der Waals surface area contributed by atoms with E-state index in [0.29, 0.717) is 0 Å². The smallest absolute Gasteiger partial charge is 0.128 e. The van der Waals surface area contributed by atoms with E-state index >= 15 is 0 Å². The standard InChI is InChI=1S/C9H19Cl2OP/c1-8(2,3)13(12,7(10)11)9(4,5)6/h12H,1-6H3. The predicted molar refractivity (Wildman–Crippen MR) is 65.4 cm³/mol. The SMILES string of the molecule is CC(C)(C)P(O)(=C(Cl)Cl)C(C)(C)C. The average Bonchev–Trinajstić information content (AvgIpc) is 1.80. The molecule has 0 unspecified atom stereocenters. The maximum Gasteiger partial charge on any atom is 0.128 e. The van der Waals surface area contributed by atoms with E-state index in [1.807, 2.05) is 41.5 Å². The van der Waals surface area contributed by atoms with Gasteiger partial charge in [0, 0.05) is 17.4 Å². The Labute approximate surface area is 91.5 Å². The van der Waals surface area contributed by atoms with Crippen LogP contribution in [0.2, 0.25) is 0 Å². The van der Waals surface area contributed by atoms with Crippen LogP contribution >= 0.6 is 30.3 Å². The molecule has 0 saturated heterocycles. The Morgan fingerprint density at radius 3 is 1.15 bits per heavy atom. The molecule has 0 fully saturated rings. The van der Waals surface area contributed by atoms with Crippen LogP contribution in [-0.4, -0.2) is 19.4 Å². The summed E-state index contributed by atoms with van der Waals surface area (Å²) in [6.45, 7) is 11.8. The molecule has 0 aromatic carbocycles. The monoisotopic (exact) mass is 244 g/mol. The first-order valence-electron chi connectivity index (χ1n) is 4.25. The van der Waals surface area contributed by atoms with Crippen molar-refractivity contribution >= 4 is 34.5 Å². The van der Waals surface area contributed by atoms with E-state index in [2.05, 4.69) is 0 Å². The summed E-state index contributed by atoms with van der Waals surface area (Å²) >= 11 is 11.7. The third kappa shape index (κ3) is 2.45. The first kappa shape index (κ1) is 13.8. The maximum atomic E-state index is 10.6. The van der Waals surface area contributed by atoms with E-state index in [9.17, 15) is 4.89 Å². The summed E-state index contributed by atoms with van der Waals surface area (Å²) in [4.78, 5) is 10.6. The summed E-state index contributed by atoms with van der Waals surface area (Å²) in [6.07, 6.45) is 0. The fourth-order valence-electron chi connectivity index (χ4n) is 1.51. The van der Waals surface area contributed by atoms with Crippen molar-refractivity contribution in [3.63, 3.8) is 0 Å². The van der Waals surface area contributed by atoms with Gasteiger partial charge in [0.05, 0.1) is 0 Å². The highest BCUT2D eigenvalue weighted by Crippen LogP contribution is 2.66. The molecule has 0 aliphatic rings. The van der Waals surface area contributed by atoms with Gasteiger partial charge in [0.1, 0.15) is 4.21 Å². The van der Waals surface area contributed by atoms with E-state index in [-0.39, 0.29) is 14.5 Å². The minimum absolute atomic E-state index is 0.146. The van der Waals surface area contributed by atoms with Gasteiger partial charge < -0.3 is 4.89 Å². The molecule has 80 valence electrons. The van der Waals surface area contributed by atoms with Crippen LogP contribution in [0.5, 0.6) is 0 Å². The molecule has 13 heavy (non-hydrogen) atoms. The van der Waals surface area contributed by atoms with Crippen LogP contribution in [-0.2, 0) is 0 Å². The van der Waals surface area contributed by atoms with Crippen molar-refractivity contribution < 1.29 is 4.89 Å². The first-order valence-corrected chi connectivity index (χ1v) is 6.75. The van der Waals surface area contributed by atoms with Crippen molar-refractivity contribution in [1.29, 1.82) is 0 Å². The van der Waals surface area contributed by atoms with E-state index in [1.165, 1.54) is 0 Å². The lowest BCUT2D eigenvalue weighted by Crippen LogP contribution is -2.30. The highest BCUT2D eigenvalue weighted by atomic mass is 35.5. The Bertz CT molecular complexity index is 223. The molecule has 0 spiro atoms. The molecule has 1 N–H and O–H groups in total. The maximum absolute atomic E-state index is 10.6. The zero-order valence-corrected chi connectivity index (χ0v) is 11.6. The summed E-state index contributed by atoms with van der Waals surface area (Å²) in [5.41, 5.74) is 0. The summed E-state index contributed by atoms with van der Waals surface area (Å²) in [5.74, 6) is 0. The van der Waals surface area contributed by atoms with E-state index in [1.54, 1.807) is 0 Å². The van der Waals surface area contributed by atoms with Gasteiger partial charge in [0.15, 0.2) is 0 Å². The molecular weight excluding hydrogens is 226 g/mol. The Morgan fingerprint density at radius 2 is 1.15 bits per heavy atom. The van der Waals surface area contributed by atoms with Crippen molar-refractivity contribution in [3.05, 3.63) is 0 Å². The van der Waals surface area contributed by atoms with Crippen molar-refractivity contribution in [2.24, 2.45) is 0 Å². The van der Waals surface area contributed by atoms with Crippen molar-refractivity contribution in [2.75, 3.05) is 0 Å². The third-order valence-electron chi connectivity index (χ3n) is 2.19. The summed E-state index contributed by atoms with van der Waals surface area (Å²) in [5, 5.41) is -0.547. The van der Waals surface area contributed by atoms with Gasteiger partial charge in [0.25, 0.3) is 0 Å². The van der Waals surface area contributed by atoms with Crippen LogP contribution in [0.3, 0.4) is 0 Å². The molecule has 0 aliphatic heterocycles. The van der Waals surface area contributed by atoms with Gasteiger partial charge >= 0.3 is 0 Å². The van der Waals surface area contributed by atoms with Crippen LogP contribution in [0.15, 0.2) is 0 Å². The molecule has 0 rings (SSSR count). The zero-order valence-electron chi connectivity index (χ0n) is 9.15. The molecule has 0 amide bonds. The molecular formula is C9H19Cl2OP. The molecule has 0 heterocycles. The summed E-state index contributed by atoms with van der Waals surface area (Å²) < 4.78 is 0.146. The molecule has 0 aromatic rings. The fourth-order valence-corrected chi connectivity index (χ4v) is 7.58. The van der Waals surface area contributed by atoms with Crippen molar-refractivity contribution in [1.82, 2.24) is 0 Å². The van der Waals surface area contributed by atoms with E-state index < -0.39 is 7.11 Å². The number of hydrogen-bond acceptors (Lipinski definition) is 1. The van der Waals surface area contributed by atoms with Crippen LogP contribution in [0.4, 0.5) is 0 Å². The van der Waals surface area contributed by atoms with Gasteiger partial charge in [-0.15, -0.1) is 0 Å². The number of halogens is 2. The average molecular weight is 245 g/mol. The topological polar surface area (TPSA) is 20.2 Å². The van der Waals surface area contributed by atoms with Gasteiger partial charge in [-0.25, -0.2) is 0 Å². The molecule has 0 aromatic heterocycles. The van der Waals surface area contributed by atoms with Crippen LogP contribution in [0.25, 0.3) is 0 Å². The highest BCUT2D eigenvalue weighted by Gasteiger charge is 2.42. The van der Waals surface area contributed by atoms with Crippen molar-refractivity contribution in [3.8, 4) is 0 Å². The highest BCUT2D eigenvalue weighted by molar-refractivity contribution is 7.80. The molecule has 1 nitrogen and oxygen atoms in total. The molecule has 0 bridgehead atoms. The largest absolute Gasteiger partial charge is 0.373 e. The van der Waals surface area contributed by atoms with Gasteiger partial charge in [0.2, 0.25) is 0 Å². The lowest BCUT2D eigenvalue weighted by molar-refractivity contribution is 0.527. The van der Waals surface area contributed by atoms with E-state index in [4.69, 9.17) is 23.2 Å². The lowest BCUT2D eigenvalue weighted by atomic mass is 10.2. The van der Waals surface area contributed by atoms with Gasteiger partial charge in [-0.3, -0.25) is 0 Å². The molecule has 0 saturated carbocycles. The van der Waals surface area contributed by atoms with E-state index in [0.717, 1.165) is 0 Å². The Morgan fingerprint density at radius 1 is 0.923 bits per heavy atom. The Kier molecular flexibility index (Phi) is 4.02. The molecule has 0 aliphatic carbocycles. The van der Waals surface area contributed by atoms with Gasteiger partial charge in [-0.2, -0.15) is 0 Å². The fraction of sp³-hybridized carbons (Fsp3) is 0.889. The summed E-state index contributed by atoms with van der Waals surface area (Å²) in [7, 11) is -2.46. The third-order valence-corrected chi connectivity index (χ3v) is 8.03. The second kappa shape index (κ2) is 3.77. The van der Waals surface area contributed by atoms with Crippen LogP contribution in [0.1, 0.15) is 41.5 Å². The Balaban J connectivity index is 5.68. The van der Waals surface area contributed by atoms with Gasteiger partial charge in [-0.1, -0.05) is 64.7 Å². The first-order chi connectivity index (χ1) is 5.44. The minimum Gasteiger partial charge on any atom is -0.373 e. The number of rotatable bonds is 0. The molecule has 0 atom stereocenters. The normalized spacial score (nSPS) is 14.5. The van der Waals surface area contributed by atoms with Gasteiger partial charge in [-0.05, 0) is 0 Å². The number of hydrogen-bond donors (Lipinski definition) is 1. The van der Waals surface area contributed by atoms with Crippen LogP contribution < -0.4 is 0 Å². The molecule has 4 heteroatoms. The summed E-state index contributed by atoms with van der Waals surface area (Å²) in [6, 6.07) is 0. The molecule has 0 radical (unpaired) electrons. The predicted octanol–water partition coefficient (Wildman–Crippen LogP) is 4.07. The van der Waals surface area contributed by atoms with Crippen molar-refractivity contribution in [2.45, 2.75) is 51.9 Å². The second-order valence-corrected chi connectivity index (χ2v) is 11.1. The quantitative estimate of drug-likeness (QED) is 0.637. The Hall–Kier alpha value is 0.840. The zero-order chi connectivity index (χ0) is 11.1. The van der Waals surface area contributed by atoms with Crippen LogP contribution in [0, 0.1) is 0 Å². The lowest BCUT2D eigenvalue weighted by Gasteiger charge is -2.43. The second-order valence-electron chi connectivity index (χ2n) is 5.22. The minimum atomic E-state index is -2.46.